The van der Waals surface area contributed by atoms with Crippen molar-refractivity contribution in [3.05, 3.63) is 28.9 Å². The number of halogens is 3. The van der Waals surface area contributed by atoms with E-state index in [0.717, 1.165) is 0 Å². The van der Waals surface area contributed by atoms with E-state index in [4.69, 9.17) is 19.3 Å². The largest absolute Gasteiger partial charge is 0.478 e. The van der Waals surface area contributed by atoms with Crippen molar-refractivity contribution in [3.8, 4) is 23.5 Å². The second kappa shape index (κ2) is 8.08. The number of hydrogen-bond acceptors (Lipinski definition) is 7. The highest BCUT2D eigenvalue weighted by atomic mass is 79.9. The molecule has 13 heteroatoms. The fraction of sp³-hybridized carbons (Fsp3) is 0.250. The van der Waals surface area contributed by atoms with E-state index in [2.05, 4.69) is 25.9 Å². The van der Waals surface area contributed by atoms with E-state index in [1.807, 2.05) is 0 Å². The third kappa shape index (κ3) is 4.26. The molecule has 0 aliphatic carbocycles. The van der Waals surface area contributed by atoms with Gasteiger partial charge in [0.15, 0.2) is 0 Å². The Hall–Kier alpha value is -2.51. The van der Waals surface area contributed by atoms with Crippen molar-refractivity contribution >= 4 is 36.9 Å². The van der Waals surface area contributed by atoms with Crippen molar-refractivity contribution < 1.29 is 31.4 Å². The van der Waals surface area contributed by atoms with Crippen LogP contribution in [-0.4, -0.2) is 50.2 Å². The number of aromatic nitrogens is 3. The molecule has 29 heavy (non-hydrogen) atoms. The monoisotopic (exact) mass is 492 g/mol. The van der Waals surface area contributed by atoms with Gasteiger partial charge in [0.05, 0.1) is 19.7 Å². The molecule has 156 valence electrons. The second-order valence-electron chi connectivity index (χ2n) is 5.64. The smallest absolute Gasteiger partial charge is 0.272 e. The summed E-state index contributed by atoms with van der Waals surface area (Å²) in [7, 11) is -1.52. The summed E-state index contributed by atoms with van der Waals surface area (Å²) >= 11 is 3.33. The fourth-order valence-electron chi connectivity index (χ4n) is 2.61. The molecule has 0 aliphatic rings. The maximum absolute atomic E-state index is 12.5. The molecule has 2 heterocycles. The zero-order valence-corrected chi connectivity index (χ0v) is 17.5. The van der Waals surface area contributed by atoms with Crippen molar-refractivity contribution in [2.45, 2.75) is 11.3 Å². The summed E-state index contributed by atoms with van der Waals surface area (Å²) in [4.78, 5) is 8.16. The summed E-state index contributed by atoms with van der Waals surface area (Å²) < 4.78 is 66.4. The molecular formula is C16H15BrF2N4O5S. The number of nitrogens with zero attached hydrogens (tertiary/aromatic N) is 3. The van der Waals surface area contributed by atoms with Gasteiger partial charge in [0.1, 0.15) is 11.5 Å². The van der Waals surface area contributed by atoms with Crippen molar-refractivity contribution in [2.75, 3.05) is 20.8 Å². The van der Waals surface area contributed by atoms with Crippen molar-refractivity contribution in [3.63, 3.8) is 0 Å². The zero-order chi connectivity index (χ0) is 21.3. The highest BCUT2D eigenvalue weighted by molar-refractivity contribution is 9.10. The molecule has 0 atom stereocenters. The minimum absolute atomic E-state index is 0.0407. The normalized spacial score (nSPS) is 11.8. The lowest BCUT2D eigenvalue weighted by Crippen LogP contribution is -2.12. The maximum Gasteiger partial charge on any atom is 0.272 e. The van der Waals surface area contributed by atoms with E-state index in [1.54, 1.807) is 18.2 Å². The van der Waals surface area contributed by atoms with Crippen LogP contribution < -0.4 is 19.3 Å². The summed E-state index contributed by atoms with van der Waals surface area (Å²) in [6.07, 6.45) is -1.48. The average Bonchev–Trinajstić information content (AvgIpc) is 3.04. The van der Waals surface area contributed by atoms with E-state index in [0.29, 0.717) is 15.4 Å². The molecule has 0 saturated heterocycles. The molecule has 0 radical (unpaired) electrons. The molecule has 2 aromatic heterocycles. The molecule has 0 bridgehead atoms. The average molecular weight is 493 g/mol. The first-order valence-electron chi connectivity index (χ1n) is 7.90. The van der Waals surface area contributed by atoms with Gasteiger partial charge in [0, 0.05) is 16.1 Å². The third-order valence-corrected chi connectivity index (χ3v) is 5.22. The number of hydrogen-bond donors (Lipinski definition) is 1. The van der Waals surface area contributed by atoms with Gasteiger partial charge < -0.3 is 14.2 Å². The van der Waals surface area contributed by atoms with Crippen LogP contribution in [0.15, 0.2) is 33.8 Å². The lowest BCUT2D eigenvalue weighted by atomic mass is 10.2. The fourth-order valence-corrected chi connectivity index (χ4v) is 3.70. The molecule has 3 aromatic rings. The third-order valence-electron chi connectivity index (χ3n) is 3.79. The number of primary sulfonamides is 1. The lowest BCUT2D eigenvalue weighted by Gasteiger charge is -2.14. The first-order valence-corrected chi connectivity index (χ1v) is 10.2. The van der Waals surface area contributed by atoms with Crippen molar-refractivity contribution in [1.82, 2.24) is 14.5 Å². The Kier molecular flexibility index (Phi) is 5.91. The van der Waals surface area contributed by atoms with E-state index in [1.165, 1.54) is 25.0 Å². The summed E-state index contributed by atoms with van der Waals surface area (Å²) in [6.45, 7) is -0.912. The van der Waals surface area contributed by atoms with Crippen LogP contribution in [-0.2, 0) is 10.0 Å². The van der Waals surface area contributed by atoms with Crippen LogP contribution in [0.2, 0.25) is 0 Å². The molecule has 0 unspecified atom stereocenters. The molecule has 0 amide bonds. The van der Waals surface area contributed by atoms with Crippen LogP contribution >= 0.6 is 15.9 Å². The zero-order valence-electron chi connectivity index (χ0n) is 15.1. The van der Waals surface area contributed by atoms with Gasteiger partial charge in [-0.3, -0.25) is 4.57 Å². The SMILES string of the molecule is COc1nc(-n2cc(S(N)(=O)=O)c3ccc(Br)cc32)nc(OC)c1OCC(F)F. The number of methoxy groups -OCH3 is 2. The highest BCUT2D eigenvalue weighted by Crippen LogP contribution is 2.36. The van der Waals surface area contributed by atoms with Crippen molar-refractivity contribution in [1.29, 1.82) is 0 Å². The van der Waals surface area contributed by atoms with Gasteiger partial charge in [0.2, 0.25) is 21.7 Å². The van der Waals surface area contributed by atoms with Crippen LogP contribution in [0.1, 0.15) is 0 Å². The summed E-state index contributed by atoms with van der Waals surface area (Å²) in [6, 6.07) is 4.88. The number of nitrogens with two attached hydrogens (primary N) is 1. The highest BCUT2D eigenvalue weighted by Gasteiger charge is 2.24. The van der Waals surface area contributed by atoms with Crippen LogP contribution in [0.25, 0.3) is 16.9 Å². The van der Waals surface area contributed by atoms with Crippen molar-refractivity contribution in [2.24, 2.45) is 5.14 Å². The van der Waals surface area contributed by atoms with E-state index < -0.39 is 23.1 Å². The second-order valence-corrected chi connectivity index (χ2v) is 8.09. The van der Waals surface area contributed by atoms with Gasteiger partial charge in [-0.15, -0.1) is 0 Å². The van der Waals surface area contributed by atoms with E-state index in [9.17, 15) is 17.2 Å². The van der Waals surface area contributed by atoms with Gasteiger partial charge in [-0.25, -0.2) is 22.3 Å². The first kappa shape index (κ1) is 21.2. The number of rotatable bonds is 7. The van der Waals surface area contributed by atoms with Gasteiger partial charge in [-0.05, 0) is 12.1 Å². The molecule has 0 spiro atoms. The molecule has 9 nitrogen and oxygen atoms in total. The van der Waals surface area contributed by atoms with Crippen LogP contribution in [0.4, 0.5) is 8.78 Å². The summed E-state index contributed by atoms with van der Waals surface area (Å²) in [5.41, 5.74) is 0.425. The van der Waals surface area contributed by atoms with Gasteiger partial charge in [-0.2, -0.15) is 9.97 Å². The Morgan fingerprint density at radius 1 is 1.21 bits per heavy atom. The quantitative estimate of drug-likeness (QED) is 0.537. The number of alkyl halides is 2. The van der Waals surface area contributed by atoms with Crippen LogP contribution in [0, 0.1) is 0 Å². The van der Waals surface area contributed by atoms with Gasteiger partial charge >= 0.3 is 0 Å². The minimum atomic E-state index is -4.05. The van der Waals surface area contributed by atoms with Crippen LogP contribution in [0.5, 0.6) is 17.5 Å². The summed E-state index contributed by atoms with van der Waals surface area (Å²) in [5.74, 6) is -0.576. The number of ether oxygens (including phenoxy) is 3. The number of fused-ring (bicyclic) bond motifs is 1. The molecule has 2 N–H and O–H groups in total. The number of benzene rings is 1. The van der Waals surface area contributed by atoms with Gasteiger partial charge in [0.25, 0.3) is 18.2 Å². The Morgan fingerprint density at radius 2 is 1.83 bits per heavy atom. The molecule has 0 aliphatic heterocycles. The summed E-state index contributed by atoms with van der Waals surface area (Å²) in [5, 5.41) is 5.67. The van der Waals surface area contributed by atoms with Gasteiger partial charge in [-0.1, -0.05) is 22.0 Å². The predicted molar refractivity (Wildman–Crippen MR) is 103 cm³/mol. The Morgan fingerprint density at radius 3 is 2.34 bits per heavy atom. The molecule has 0 saturated carbocycles. The lowest BCUT2D eigenvalue weighted by molar-refractivity contribution is 0.0780. The first-order chi connectivity index (χ1) is 13.7. The van der Waals surface area contributed by atoms with E-state index >= 15 is 0 Å². The Bertz CT molecular complexity index is 1140. The Labute approximate surface area is 172 Å². The predicted octanol–water partition coefficient (Wildman–Crippen LogP) is 2.49. The Balaban J connectivity index is 2.26. The maximum atomic E-state index is 12.5. The van der Waals surface area contributed by atoms with E-state index in [-0.39, 0.29) is 28.4 Å². The minimum Gasteiger partial charge on any atom is -0.478 e. The molecule has 1 aromatic carbocycles. The number of sulfonamides is 1. The molecular weight excluding hydrogens is 478 g/mol. The molecule has 3 rings (SSSR count). The molecule has 0 fully saturated rings. The standard InChI is InChI=1S/C16H15BrF2N4O5S/c1-26-14-13(28-7-12(18)19)15(27-2)22-16(21-14)23-6-11(29(20,24)25)9-4-3-8(17)5-10(9)23/h3-6,12H,7H2,1-2H3,(H2,20,24,25). The topological polar surface area (TPSA) is 119 Å². The van der Waals surface area contributed by atoms with Crippen LogP contribution in [0.3, 0.4) is 0 Å².